The van der Waals surface area contributed by atoms with Crippen LogP contribution in [-0.2, 0) is 11.3 Å². The van der Waals surface area contributed by atoms with Gasteiger partial charge in [0.05, 0.1) is 6.54 Å². The summed E-state index contributed by atoms with van der Waals surface area (Å²) in [6.45, 7) is 3.84. The Bertz CT molecular complexity index is 1110. The number of carbonyl (C=O) groups is 1. The molecule has 152 valence electrons. The quantitative estimate of drug-likeness (QED) is 0.523. The zero-order valence-corrected chi connectivity index (χ0v) is 16.6. The number of amides is 1. The minimum absolute atomic E-state index is 0.425. The fourth-order valence-electron chi connectivity index (χ4n) is 4.26. The number of benzene rings is 1. The van der Waals surface area contributed by atoms with Gasteiger partial charge in [-0.25, -0.2) is 4.98 Å². The molecule has 7 nitrogen and oxygen atoms in total. The first kappa shape index (κ1) is 18.6. The molecule has 30 heavy (non-hydrogen) atoms. The molecule has 1 saturated heterocycles. The van der Waals surface area contributed by atoms with Gasteiger partial charge >= 0.3 is 0 Å². The van der Waals surface area contributed by atoms with E-state index in [2.05, 4.69) is 22.0 Å². The number of nitrogens with zero attached hydrogens (tertiary/aromatic N) is 4. The summed E-state index contributed by atoms with van der Waals surface area (Å²) < 4.78 is 7.31. The van der Waals surface area contributed by atoms with Crippen molar-refractivity contribution in [2.24, 2.45) is 17.8 Å². The van der Waals surface area contributed by atoms with Crippen LogP contribution in [0.1, 0.15) is 30.2 Å². The molecule has 0 radical (unpaired) electrons. The summed E-state index contributed by atoms with van der Waals surface area (Å²) in [7, 11) is 0. The largest absolute Gasteiger partial charge is 0.385 e. The van der Waals surface area contributed by atoms with E-state index in [1.165, 1.54) is 0 Å². The Balaban J connectivity index is 1.23. The van der Waals surface area contributed by atoms with Crippen molar-refractivity contribution in [3.8, 4) is 23.1 Å². The van der Waals surface area contributed by atoms with Crippen molar-refractivity contribution in [1.29, 1.82) is 0 Å². The third-order valence-electron chi connectivity index (χ3n) is 5.94. The lowest BCUT2D eigenvalue weighted by molar-refractivity contribution is -0.117. The van der Waals surface area contributed by atoms with Gasteiger partial charge in [0.2, 0.25) is 6.41 Å². The van der Waals surface area contributed by atoms with Gasteiger partial charge in [-0.3, -0.25) is 4.79 Å². The number of aliphatic hydroxyl groups excluding tert-OH is 1. The van der Waals surface area contributed by atoms with Crippen molar-refractivity contribution in [3.63, 3.8) is 0 Å². The molecule has 2 fully saturated rings. The summed E-state index contributed by atoms with van der Waals surface area (Å²) >= 11 is 0. The molecule has 2 aromatic heterocycles. The zero-order valence-electron chi connectivity index (χ0n) is 16.6. The number of imidazole rings is 1. The van der Waals surface area contributed by atoms with Crippen molar-refractivity contribution < 1.29 is 14.4 Å². The van der Waals surface area contributed by atoms with Crippen LogP contribution in [0.4, 0.5) is 0 Å². The van der Waals surface area contributed by atoms with Crippen LogP contribution in [0.3, 0.4) is 0 Å². The lowest BCUT2D eigenvalue weighted by Crippen LogP contribution is -2.22. The maximum atomic E-state index is 10.8. The highest BCUT2D eigenvalue weighted by Gasteiger charge is 2.54. The molecule has 3 aromatic rings. The number of rotatable bonds is 5. The van der Waals surface area contributed by atoms with Gasteiger partial charge in [0.1, 0.15) is 17.6 Å². The van der Waals surface area contributed by atoms with E-state index in [0.717, 1.165) is 36.3 Å². The minimum Gasteiger partial charge on any atom is -0.385 e. The van der Waals surface area contributed by atoms with E-state index in [4.69, 9.17) is 4.52 Å². The van der Waals surface area contributed by atoms with E-state index in [9.17, 15) is 9.90 Å². The van der Waals surface area contributed by atoms with Crippen LogP contribution in [-0.4, -0.2) is 44.2 Å². The molecule has 1 saturated carbocycles. The second kappa shape index (κ2) is 7.47. The first-order chi connectivity index (χ1) is 14.6. The highest BCUT2D eigenvalue weighted by Crippen LogP contribution is 2.50. The van der Waals surface area contributed by atoms with Crippen LogP contribution in [0.15, 0.2) is 47.2 Å². The van der Waals surface area contributed by atoms with Crippen molar-refractivity contribution in [2.75, 3.05) is 13.1 Å². The van der Waals surface area contributed by atoms with Crippen LogP contribution in [0.2, 0.25) is 0 Å². The van der Waals surface area contributed by atoms with Gasteiger partial charge in [0.25, 0.3) is 0 Å². The number of fused-ring (bicyclic) bond motifs is 1. The van der Waals surface area contributed by atoms with Gasteiger partial charge in [-0.05, 0) is 30.9 Å². The molecule has 2 aliphatic rings. The van der Waals surface area contributed by atoms with Crippen molar-refractivity contribution >= 4 is 6.41 Å². The van der Waals surface area contributed by atoms with Crippen molar-refractivity contribution in [1.82, 2.24) is 19.6 Å². The lowest BCUT2D eigenvalue weighted by Gasteiger charge is -2.10. The molecule has 0 spiro atoms. The van der Waals surface area contributed by atoms with Gasteiger partial charge in [0.15, 0.2) is 5.76 Å². The molecule has 5 rings (SSSR count). The fourth-order valence-corrected chi connectivity index (χ4v) is 4.26. The van der Waals surface area contributed by atoms with Crippen molar-refractivity contribution in [2.45, 2.75) is 19.6 Å². The third kappa shape index (κ3) is 3.51. The Morgan fingerprint density at radius 1 is 1.30 bits per heavy atom. The molecule has 3 heterocycles. The first-order valence-electron chi connectivity index (χ1n) is 10.1. The number of aliphatic hydroxyl groups is 1. The Kier molecular flexibility index (Phi) is 4.64. The molecule has 1 amide bonds. The van der Waals surface area contributed by atoms with E-state index in [1.54, 1.807) is 13.1 Å². The number of likely N-dealkylation sites (tertiary alicyclic amines) is 1. The second-order valence-corrected chi connectivity index (χ2v) is 8.03. The number of carbonyl (C=O) groups excluding carboxylic acids is 1. The van der Waals surface area contributed by atoms with Crippen LogP contribution in [0.25, 0.3) is 11.3 Å². The monoisotopic (exact) mass is 402 g/mol. The van der Waals surface area contributed by atoms with Gasteiger partial charge in [-0.2, -0.15) is 0 Å². The van der Waals surface area contributed by atoms with Gasteiger partial charge in [0, 0.05) is 48.6 Å². The Hall–Kier alpha value is -3.37. The minimum atomic E-state index is -0.643. The third-order valence-corrected chi connectivity index (χ3v) is 5.94. The van der Waals surface area contributed by atoms with Crippen LogP contribution >= 0.6 is 0 Å². The molecular formula is C23H22N4O3. The molecule has 4 atom stereocenters. The van der Waals surface area contributed by atoms with Crippen molar-refractivity contribution in [3.05, 3.63) is 59.9 Å². The number of hydrogen-bond acceptors (Lipinski definition) is 5. The summed E-state index contributed by atoms with van der Waals surface area (Å²) in [5.41, 5.74) is 2.69. The van der Waals surface area contributed by atoms with Gasteiger partial charge in [-0.15, -0.1) is 0 Å². The average molecular weight is 402 g/mol. The summed E-state index contributed by atoms with van der Waals surface area (Å²) in [6, 6.07) is 9.87. The molecule has 7 heteroatoms. The number of piperidine rings is 1. The Labute approximate surface area is 174 Å². The Morgan fingerprint density at radius 2 is 2.07 bits per heavy atom. The molecule has 1 aliphatic carbocycles. The van der Waals surface area contributed by atoms with E-state index in [1.807, 2.05) is 46.0 Å². The lowest BCUT2D eigenvalue weighted by atomic mass is 10.1. The van der Waals surface area contributed by atoms with Gasteiger partial charge in [-0.1, -0.05) is 29.1 Å². The van der Waals surface area contributed by atoms with E-state index < -0.39 is 6.10 Å². The van der Waals surface area contributed by atoms with E-state index in [-0.39, 0.29) is 0 Å². The summed E-state index contributed by atoms with van der Waals surface area (Å²) in [5.74, 6) is 9.45. The van der Waals surface area contributed by atoms with Crippen LogP contribution in [0, 0.1) is 29.6 Å². The Morgan fingerprint density at radius 3 is 2.77 bits per heavy atom. The molecule has 1 N–H and O–H groups in total. The predicted molar refractivity (Wildman–Crippen MR) is 109 cm³/mol. The maximum Gasteiger partial charge on any atom is 0.209 e. The molecule has 1 aliphatic heterocycles. The van der Waals surface area contributed by atoms with Crippen LogP contribution in [0.5, 0.6) is 0 Å². The highest BCUT2D eigenvalue weighted by molar-refractivity contribution is 5.60. The first-order valence-corrected chi connectivity index (χ1v) is 10.1. The predicted octanol–water partition coefficient (Wildman–Crippen LogP) is 2.33. The SMILES string of the molecule is C[C@H](O)c1nccn1Cc1cc(-c2ccc(C#C[C@H]3[C@H]4CN(C=O)C[C@@H]34)cc2)no1. The number of aromatic nitrogens is 3. The molecule has 1 aromatic carbocycles. The topological polar surface area (TPSA) is 84.4 Å². The fraction of sp³-hybridized carbons (Fsp3) is 0.348. The summed E-state index contributed by atoms with van der Waals surface area (Å²) in [5, 5.41) is 13.9. The molecule has 0 bridgehead atoms. The second-order valence-electron chi connectivity index (χ2n) is 8.03. The molecule has 0 unspecified atom stereocenters. The maximum absolute atomic E-state index is 10.8. The standard InChI is InChI=1S/C23H22N4O3/c1-15(29)23-24-8-9-27(23)11-18-10-22(25-30-18)17-5-2-16(3-6-17)4-7-19-20-12-26(14-28)13-21(19)20/h2-3,5-6,8-10,14-15,19-21,29H,11-13H2,1H3/t15-,19-,20+,21-/m0/s1. The summed E-state index contributed by atoms with van der Waals surface area (Å²) in [4.78, 5) is 16.8. The normalized spacial score (nSPS) is 22.9. The van der Waals surface area contributed by atoms with Gasteiger partial charge < -0.3 is 19.1 Å². The van der Waals surface area contributed by atoms with E-state index in [0.29, 0.717) is 35.9 Å². The molecular weight excluding hydrogens is 380 g/mol. The smallest absolute Gasteiger partial charge is 0.209 e. The number of hydrogen-bond donors (Lipinski definition) is 1. The zero-order chi connectivity index (χ0) is 20.7. The average Bonchev–Trinajstić information content (AvgIpc) is 3.25. The van der Waals surface area contributed by atoms with Crippen LogP contribution < -0.4 is 0 Å². The highest BCUT2D eigenvalue weighted by atomic mass is 16.5. The van der Waals surface area contributed by atoms with E-state index >= 15 is 0 Å². The summed E-state index contributed by atoms with van der Waals surface area (Å²) in [6.07, 6.45) is 3.76.